The smallest absolute Gasteiger partial charge is 0.254 e. The SMILES string of the molecule is CC1CC(C(O)C(C)(C)O)OC2C1C1(C)CCC34CC35CCC(OC3CN(C(=O)c6ccncc6)CCO3)C(C)(C)C5CCC43CC13C2O. The molecule has 0 radical (unpaired) electrons. The van der Waals surface area contributed by atoms with Crippen LogP contribution in [0, 0.1) is 50.2 Å². The van der Waals surface area contributed by atoms with Crippen LogP contribution in [-0.2, 0) is 14.2 Å². The summed E-state index contributed by atoms with van der Waals surface area (Å²) < 4.78 is 19.7. The van der Waals surface area contributed by atoms with Gasteiger partial charge in [-0.2, -0.15) is 0 Å². The molecule has 14 atom stereocenters. The first-order valence-corrected chi connectivity index (χ1v) is 19.3. The molecule has 1 amide bonds. The van der Waals surface area contributed by atoms with E-state index in [1.807, 2.05) is 4.90 Å². The van der Waals surface area contributed by atoms with Crippen molar-refractivity contribution >= 4 is 5.91 Å². The van der Waals surface area contributed by atoms with E-state index >= 15 is 0 Å². The summed E-state index contributed by atoms with van der Waals surface area (Å²) in [4.78, 5) is 19.1. The van der Waals surface area contributed by atoms with Crippen LogP contribution in [0.2, 0.25) is 0 Å². The molecule has 3 heterocycles. The third kappa shape index (κ3) is 3.99. The Labute approximate surface area is 291 Å². The van der Waals surface area contributed by atoms with Gasteiger partial charge in [-0.15, -0.1) is 0 Å². The molecule has 0 bridgehead atoms. The zero-order valence-corrected chi connectivity index (χ0v) is 30.4. The van der Waals surface area contributed by atoms with Crippen molar-refractivity contribution in [1.82, 2.24) is 9.88 Å². The summed E-state index contributed by atoms with van der Waals surface area (Å²) in [6.07, 6.45) is 10.6. The fourth-order valence-corrected chi connectivity index (χ4v) is 15.0. The quantitative estimate of drug-likeness (QED) is 0.400. The monoisotopic (exact) mass is 678 g/mol. The van der Waals surface area contributed by atoms with Crippen molar-refractivity contribution in [2.24, 2.45) is 50.2 Å². The van der Waals surface area contributed by atoms with Gasteiger partial charge in [-0.1, -0.05) is 27.7 Å². The molecular formula is C40H58N2O7. The number of hydrogen-bond donors (Lipinski definition) is 3. The van der Waals surface area contributed by atoms with Gasteiger partial charge in [-0.05, 0) is 129 Å². The molecule has 8 aliphatic rings. The van der Waals surface area contributed by atoms with Gasteiger partial charge in [0.2, 0.25) is 0 Å². The second kappa shape index (κ2) is 10.3. The predicted molar refractivity (Wildman–Crippen MR) is 181 cm³/mol. The van der Waals surface area contributed by atoms with Crippen LogP contribution in [0.3, 0.4) is 0 Å². The molecule has 9 nitrogen and oxygen atoms in total. The van der Waals surface area contributed by atoms with E-state index in [9.17, 15) is 20.1 Å². The number of ether oxygens (including phenoxy) is 3. The number of aromatic nitrogens is 1. The van der Waals surface area contributed by atoms with Crippen LogP contribution in [0.25, 0.3) is 0 Å². The standard InChI is InChI=1S/C40H58N2O7/c1-23-19-25(31(43)35(4,5)46)48-30-29(23)36(6)13-14-38-21-37(38)11-8-27(34(2,3)26(37)7-12-39(38)22-40(36,39)32(30)44)49-28-20-42(17-18-47-28)33(45)24-9-15-41-16-10-24/h9-10,15-16,23,25-32,43-44,46H,7-8,11-14,17-22H2,1-6H3. The Morgan fingerprint density at radius 2 is 1.84 bits per heavy atom. The number of morpholine rings is 1. The number of aliphatic hydroxyl groups excluding tert-OH is 2. The summed E-state index contributed by atoms with van der Waals surface area (Å²) in [5.41, 5.74) is -0.0646. The lowest BCUT2D eigenvalue weighted by Gasteiger charge is -2.60. The van der Waals surface area contributed by atoms with Crippen molar-refractivity contribution in [2.75, 3.05) is 19.7 Å². The van der Waals surface area contributed by atoms with Gasteiger partial charge in [0.25, 0.3) is 5.91 Å². The summed E-state index contributed by atoms with van der Waals surface area (Å²) in [7, 11) is 0. The largest absolute Gasteiger partial charge is 0.390 e. The number of aliphatic hydroxyl groups is 3. The highest BCUT2D eigenvalue weighted by atomic mass is 16.7. The normalized spacial score (nSPS) is 51.2. The minimum absolute atomic E-state index is 0.000934. The fourth-order valence-electron chi connectivity index (χ4n) is 15.0. The predicted octanol–water partition coefficient (Wildman–Crippen LogP) is 4.96. The fraction of sp³-hybridized carbons (Fsp3) is 0.850. The topological polar surface area (TPSA) is 122 Å². The Balaban J connectivity index is 0.942. The van der Waals surface area contributed by atoms with Crippen molar-refractivity contribution in [3.63, 3.8) is 0 Å². The van der Waals surface area contributed by atoms with Gasteiger partial charge in [0.15, 0.2) is 6.29 Å². The number of carbonyl (C=O) groups is 1. The van der Waals surface area contributed by atoms with Gasteiger partial charge in [-0.25, -0.2) is 0 Å². The van der Waals surface area contributed by atoms with Crippen molar-refractivity contribution in [2.45, 2.75) is 142 Å². The molecule has 9 rings (SSSR count). The second-order valence-corrected chi connectivity index (χ2v) is 19.3. The third-order valence-corrected chi connectivity index (χ3v) is 17.0. The Hall–Kier alpha value is -1.62. The molecule has 14 unspecified atom stereocenters. The molecule has 270 valence electrons. The van der Waals surface area contributed by atoms with Gasteiger partial charge in [0.05, 0.1) is 43.2 Å². The summed E-state index contributed by atoms with van der Waals surface area (Å²) in [5, 5.41) is 34.2. The first-order chi connectivity index (χ1) is 23.1. The van der Waals surface area contributed by atoms with E-state index in [0.717, 1.165) is 38.5 Å². The van der Waals surface area contributed by atoms with E-state index in [-0.39, 0.29) is 56.5 Å². The molecule has 2 aliphatic heterocycles. The molecule has 3 N–H and O–H groups in total. The highest BCUT2D eigenvalue weighted by Crippen LogP contribution is 3.01. The Morgan fingerprint density at radius 3 is 2.57 bits per heavy atom. The number of rotatable bonds is 5. The third-order valence-electron chi connectivity index (χ3n) is 17.0. The zero-order valence-electron chi connectivity index (χ0n) is 30.4. The molecule has 6 saturated carbocycles. The first kappa shape index (κ1) is 33.2. The van der Waals surface area contributed by atoms with Crippen LogP contribution in [0.4, 0.5) is 0 Å². The Kier molecular flexibility index (Phi) is 6.97. The average Bonchev–Trinajstić information content (AvgIpc) is 3.94. The summed E-state index contributed by atoms with van der Waals surface area (Å²) >= 11 is 0. The summed E-state index contributed by atoms with van der Waals surface area (Å²) in [6, 6.07) is 3.53. The van der Waals surface area contributed by atoms with E-state index < -0.39 is 30.2 Å². The lowest BCUT2D eigenvalue weighted by molar-refractivity contribution is -0.242. The Morgan fingerprint density at radius 1 is 1.08 bits per heavy atom. The maximum Gasteiger partial charge on any atom is 0.254 e. The lowest BCUT2D eigenvalue weighted by Crippen LogP contribution is -2.57. The maximum atomic E-state index is 13.2. The highest BCUT2D eigenvalue weighted by molar-refractivity contribution is 5.94. The summed E-state index contributed by atoms with van der Waals surface area (Å²) in [5.74, 6) is 1.12. The molecule has 49 heavy (non-hydrogen) atoms. The van der Waals surface area contributed by atoms with Crippen molar-refractivity contribution in [3.05, 3.63) is 30.1 Å². The van der Waals surface area contributed by atoms with E-state index in [1.54, 1.807) is 38.4 Å². The molecule has 8 fully saturated rings. The van der Waals surface area contributed by atoms with Crippen LogP contribution < -0.4 is 0 Å². The molecule has 2 saturated heterocycles. The van der Waals surface area contributed by atoms with Crippen LogP contribution >= 0.6 is 0 Å². The first-order valence-electron chi connectivity index (χ1n) is 19.3. The molecule has 4 spiro atoms. The van der Waals surface area contributed by atoms with Crippen molar-refractivity contribution in [1.29, 1.82) is 0 Å². The average molecular weight is 679 g/mol. The number of amides is 1. The minimum atomic E-state index is -1.26. The van der Waals surface area contributed by atoms with Gasteiger partial charge in [0, 0.05) is 29.9 Å². The Bertz CT molecular complexity index is 1520. The molecule has 0 aromatic carbocycles. The van der Waals surface area contributed by atoms with E-state index in [1.165, 1.54) is 12.8 Å². The molecule has 1 aromatic rings. The second-order valence-electron chi connectivity index (χ2n) is 19.3. The zero-order chi connectivity index (χ0) is 34.6. The van der Waals surface area contributed by atoms with Crippen molar-refractivity contribution < 1.29 is 34.3 Å². The van der Waals surface area contributed by atoms with E-state index in [4.69, 9.17) is 14.2 Å². The summed E-state index contributed by atoms with van der Waals surface area (Å²) in [6.45, 7) is 14.4. The van der Waals surface area contributed by atoms with Crippen molar-refractivity contribution in [3.8, 4) is 0 Å². The van der Waals surface area contributed by atoms with E-state index in [2.05, 4.69) is 32.7 Å². The minimum Gasteiger partial charge on any atom is -0.390 e. The maximum absolute atomic E-state index is 13.2. The number of carbonyl (C=O) groups excluding carboxylic acids is 1. The molecular weight excluding hydrogens is 620 g/mol. The number of pyridine rings is 1. The van der Waals surface area contributed by atoms with Gasteiger partial charge < -0.3 is 34.4 Å². The molecule has 9 heteroatoms. The van der Waals surface area contributed by atoms with Crippen LogP contribution in [-0.4, -0.2) is 93.2 Å². The number of fused-ring (bicyclic) bond motifs is 2. The van der Waals surface area contributed by atoms with Gasteiger partial charge >= 0.3 is 0 Å². The van der Waals surface area contributed by atoms with Gasteiger partial charge in [0.1, 0.15) is 6.10 Å². The highest BCUT2D eigenvalue weighted by Gasteiger charge is 2.97. The van der Waals surface area contributed by atoms with E-state index in [0.29, 0.717) is 43.5 Å². The molecule has 6 aliphatic carbocycles. The number of nitrogens with zero attached hydrogens (tertiary/aromatic N) is 2. The van der Waals surface area contributed by atoms with Gasteiger partial charge in [-0.3, -0.25) is 9.78 Å². The molecule has 1 aromatic heterocycles. The number of hydrogen-bond acceptors (Lipinski definition) is 8. The lowest BCUT2D eigenvalue weighted by atomic mass is 9.45. The van der Waals surface area contributed by atoms with Crippen LogP contribution in [0.5, 0.6) is 0 Å². The van der Waals surface area contributed by atoms with Crippen LogP contribution in [0.15, 0.2) is 24.5 Å². The van der Waals surface area contributed by atoms with Crippen LogP contribution in [0.1, 0.15) is 110 Å².